The number of benzene rings is 1. The first-order valence-corrected chi connectivity index (χ1v) is 8.42. The van der Waals surface area contributed by atoms with Crippen molar-refractivity contribution in [2.75, 3.05) is 5.32 Å². The fourth-order valence-electron chi connectivity index (χ4n) is 3.09. The third kappa shape index (κ3) is 2.59. The molecule has 2 N–H and O–H groups in total. The number of nitrogens with zero attached hydrogens (tertiary/aromatic N) is 2. The second-order valence-electron chi connectivity index (χ2n) is 6.09. The summed E-state index contributed by atoms with van der Waals surface area (Å²) in [5.41, 5.74) is 1.83. The van der Waals surface area contributed by atoms with Crippen LogP contribution in [0.3, 0.4) is 0 Å². The van der Waals surface area contributed by atoms with Crippen molar-refractivity contribution in [2.24, 2.45) is 5.92 Å². The van der Waals surface area contributed by atoms with Crippen molar-refractivity contribution in [3.63, 3.8) is 0 Å². The molecule has 1 heterocycles. The van der Waals surface area contributed by atoms with Crippen molar-refractivity contribution in [3.05, 3.63) is 35.2 Å². The van der Waals surface area contributed by atoms with E-state index in [1.807, 2.05) is 12.1 Å². The molecule has 0 spiro atoms. The number of phenolic OH excluding ortho intramolecular Hbond substituents is 1. The van der Waals surface area contributed by atoms with Gasteiger partial charge in [0.25, 0.3) is 0 Å². The lowest BCUT2D eigenvalue weighted by molar-refractivity contribution is -0.117. The van der Waals surface area contributed by atoms with Crippen LogP contribution in [-0.4, -0.2) is 20.4 Å². The number of rotatable bonds is 4. The SMILES string of the molecule is O=C(Nc1nc(CC2CC2)ns1)C1CCc2cccc(O)c21. The Labute approximate surface area is 132 Å². The fraction of sp³-hybridized carbons (Fsp3) is 0.438. The Bertz CT molecular complexity index is 724. The quantitative estimate of drug-likeness (QED) is 0.909. The molecule has 1 unspecified atom stereocenters. The summed E-state index contributed by atoms with van der Waals surface area (Å²) < 4.78 is 4.30. The maximum absolute atomic E-state index is 12.5. The second-order valence-corrected chi connectivity index (χ2v) is 6.85. The minimum Gasteiger partial charge on any atom is -0.508 e. The highest BCUT2D eigenvalue weighted by Crippen LogP contribution is 2.39. The summed E-state index contributed by atoms with van der Waals surface area (Å²) in [5, 5.41) is 13.4. The van der Waals surface area contributed by atoms with E-state index < -0.39 is 0 Å². The maximum atomic E-state index is 12.5. The molecule has 114 valence electrons. The number of aromatic hydroxyl groups is 1. The van der Waals surface area contributed by atoms with Crippen LogP contribution in [0, 0.1) is 5.92 Å². The van der Waals surface area contributed by atoms with Gasteiger partial charge in [-0.15, -0.1) is 0 Å². The van der Waals surface area contributed by atoms with Crippen LogP contribution in [0.1, 0.15) is 42.1 Å². The monoisotopic (exact) mass is 315 g/mol. The molecule has 0 saturated heterocycles. The van der Waals surface area contributed by atoms with Crippen LogP contribution < -0.4 is 5.32 Å². The van der Waals surface area contributed by atoms with Crippen LogP contribution in [0.5, 0.6) is 5.75 Å². The summed E-state index contributed by atoms with van der Waals surface area (Å²) >= 11 is 1.24. The van der Waals surface area contributed by atoms with Crippen molar-refractivity contribution >= 4 is 22.6 Å². The second kappa shape index (κ2) is 5.35. The number of anilines is 1. The molecule has 22 heavy (non-hydrogen) atoms. The van der Waals surface area contributed by atoms with E-state index in [1.54, 1.807) is 6.07 Å². The minimum absolute atomic E-state index is 0.102. The molecule has 1 aromatic carbocycles. The largest absolute Gasteiger partial charge is 0.508 e. The summed E-state index contributed by atoms with van der Waals surface area (Å²) in [4.78, 5) is 16.9. The smallest absolute Gasteiger partial charge is 0.233 e. The number of amides is 1. The molecule has 0 aliphatic heterocycles. The molecule has 4 rings (SSSR count). The lowest BCUT2D eigenvalue weighted by atomic mass is 9.99. The van der Waals surface area contributed by atoms with E-state index in [0.29, 0.717) is 5.13 Å². The molecule has 1 fully saturated rings. The van der Waals surface area contributed by atoms with E-state index in [-0.39, 0.29) is 17.6 Å². The standard InChI is InChI=1S/C16H17N3O2S/c20-12-3-1-2-10-6-7-11(14(10)12)15(21)18-16-17-13(19-22-16)8-9-4-5-9/h1-3,9,11,20H,4-8H2,(H,17,18,19,21). The molecule has 6 heteroatoms. The first-order valence-electron chi connectivity index (χ1n) is 7.65. The van der Waals surface area contributed by atoms with E-state index in [9.17, 15) is 9.90 Å². The number of carbonyl (C=O) groups is 1. The van der Waals surface area contributed by atoms with Gasteiger partial charge < -0.3 is 10.4 Å². The molecule has 1 saturated carbocycles. The van der Waals surface area contributed by atoms with Gasteiger partial charge in [-0.25, -0.2) is 4.98 Å². The van der Waals surface area contributed by atoms with Gasteiger partial charge in [0.05, 0.1) is 5.92 Å². The first kappa shape index (κ1) is 13.7. The number of fused-ring (bicyclic) bond motifs is 1. The number of phenols is 1. The van der Waals surface area contributed by atoms with Gasteiger partial charge in [-0.05, 0) is 43.2 Å². The maximum Gasteiger partial charge on any atom is 0.233 e. The Morgan fingerprint density at radius 3 is 3.05 bits per heavy atom. The van der Waals surface area contributed by atoms with E-state index in [1.165, 1.54) is 24.4 Å². The van der Waals surface area contributed by atoms with Gasteiger partial charge in [0, 0.05) is 23.5 Å². The zero-order valence-corrected chi connectivity index (χ0v) is 12.9. The number of carbonyl (C=O) groups excluding carboxylic acids is 1. The Hall–Kier alpha value is -1.95. The Morgan fingerprint density at radius 2 is 2.23 bits per heavy atom. The van der Waals surface area contributed by atoms with Gasteiger partial charge >= 0.3 is 0 Å². The number of hydrogen-bond donors (Lipinski definition) is 2. The van der Waals surface area contributed by atoms with Crippen LogP contribution >= 0.6 is 11.5 Å². The number of nitrogens with one attached hydrogen (secondary N) is 1. The van der Waals surface area contributed by atoms with Gasteiger partial charge in [0.15, 0.2) is 0 Å². The van der Waals surface area contributed by atoms with Crippen molar-refractivity contribution in [2.45, 2.75) is 38.0 Å². The normalized spacial score (nSPS) is 19.9. The molecule has 1 aromatic heterocycles. The average molecular weight is 315 g/mol. The van der Waals surface area contributed by atoms with Crippen molar-refractivity contribution in [3.8, 4) is 5.75 Å². The Balaban J connectivity index is 1.48. The lowest BCUT2D eigenvalue weighted by Crippen LogP contribution is -2.19. The number of aryl methyl sites for hydroxylation is 1. The van der Waals surface area contributed by atoms with Crippen LogP contribution in [0.15, 0.2) is 18.2 Å². The molecule has 2 aliphatic carbocycles. The summed E-state index contributed by atoms with van der Waals surface area (Å²) in [7, 11) is 0. The van der Waals surface area contributed by atoms with E-state index in [4.69, 9.17) is 0 Å². The minimum atomic E-state index is -0.299. The highest BCUT2D eigenvalue weighted by molar-refractivity contribution is 7.09. The molecular formula is C16H17N3O2S. The Morgan fingerprint density at radius 1 is 1.36 bits per heavy atom. The van der Waals surface area contributed by atoms with Gasteiger partial charge in [-0.2, -0.15) is 4.37 Å². The fourth-order valence-corrected chi connectivity index (χ4v) is 3.69. The van der Waals surface area contributed by atoms with Crippen molar-refractivity contribution in [1.29, 1.82) is 0 Å². The zero-order valence-electron chi connectivity index (χ0n) is 12.1. The van der Waals surface area contributed by atoms with Gasteiger partial charge in [0.1, 0.15) is 11.6 Å². The van der Waals surface area contributed by atoms with Crippen LogP contribution in [0.4, 0.5) is 5.13 Å². The van der Waals surface area contributed by atoms with Crippen molar-refractivity contribution < 1.29 is 9.90 Å². The molecule has 2 aliphatic rings. The van der Waals surface area contributed by atoms with Crippen LogP contribution in [0.2, 0.25) is 0 Å². The summed E-state index contributed by atoms with van der Waals surface area (Å²) in [5.74, 6) is 1.37. The van der Waals surface area contributed by atoms with Gasteiger partial charge in [-0.1, -0.05) is 12.1 Å². The molecular weight excluding hydrogens is 298 g/mol. The number of hydrogen-bond acceptors (Lipinski definition) is 5. The molecule has 0 bridgehead atoms. The Kier molecular flexibility index (Phi) is 3.33. The average Bonchev–Trinajstić information content (AvgIpc) is 3.02. The third-order valence-electron chi connectivity index (χ3n) is 4.41. The summed E-state index contributed by atoms with van der Waals surface area (Å²) in [6.45, 7) is 0. The highest BCUT2D eigenvalue weighted by atomic mass is 32.1. The van der Waals surface area contributed by atoms with Gasteiger partial charge in [0.2, 0.25) is 11.0 Å². The van der Waals surface area contributed by atoms with E-state index >= 15 is 0 Å². The summed E-state index contributed by atoms with van der Waals surface area (Å²) in [6, 6.07) is 5.44. The lowest BCUT2D eigenvalue weighted by Gasteiger charge is -2.11. The zero-order chi connectivity index (χ0) is 15.1. The van der Waals surface area contributed by atoms with Crippen molar-refractivity contribution in [1.82, 2.24) is 9.36 Å². The molecule has 1 atom stereocenters. The predicted octanol–water partition coefficient (Wildman–Crippen LogP) is 2.86. The molecule has 0 radical (unpaired) electrons. The predicted molar refractivity (Wildman–Crippen MR) is 84.1 cm³/mol. The highest BCUT2D eigenvalue weighted by Gasteiger charge is 2.31. The van der Waals surface area contributed by atoms with Gasteiger partial charge in [-0.3, -0.25) is 4.79 Å². The third-order valence-corrected chi connectivity index (χ3v) is 5.08. The van der Waals surface area contributed by atoms with Crippen LogP contribution in [0.25, 0.3) is 0 Å². The molecule has 5 nitrogen and oxygen atoms in total. The van der Waals surface area contributed by atoms with E-state index in [2.05, 4.69) is 14.7 Å². The van der Waals surface area contributed by atoms with Crippen LogP contribution in [-0.2, 0) is 17.6 Å². The molecule has 1 amide bonds. The molecule has 2 aromatic rings. The topological polar surface area (TPSA) is 75.1 Å². The number of aromatic nitrogens is 2. The van der Waals surface area contributed by atoms with E-state index in [0.717, 1.165) is 42.1 Å². The summed E-state index contributed by atoms with van der Waals surface area (Å²) in [6.07, 6.45) is 4.99. The first-order chi connectivity index (χ1) is 10.7.